The lowest BCUT2D eigenvalue weighted by molar-refractivity contribution is -0.132. The highest BCUT2D eigenvalue weighted by atomic mass is 16.2. The largest absolute Gasteiger partial charge is 0.337 e. The number of hydrogen-bond acceptors (Lipinski definition) is 2. The van der Waals surface area contributed by atoms with Crippen LogP contribution in [0.1, 0.15) is 36.4 Å². The highest BCUT2D eigenvalue weighted by molar-refractivity contribution is 5.76. The summed E-state index contributed by atoms with van der Waals surface area (Å²) in [6, 6.07) is 20.8. The molecule has 3 heteroatoms. The maximum atomic E-state index is 12.8. The average Bonchev–Trinajstić information content (AvgIpc) is 3.18. The first-order valence-electron chi connectivity index (χ1n) is 9.31. The molecule has 2 aromatic carbocycles. The van der Waals surface area contributed by atoms with E-state index in [-0.39, 0.29) is 11.9 Å². The van der Waals surface area contributed by atoms with Crippen molar-refractivity contribution in [3.05, 3.63) is 71.8 Å². The van der Waals surface area contributed by atoms with Crippen LogP contribution >= 0.6 is 0 Å². The number of amides is 1. The van der Waals surface area contributed by atoms with Gasteiger partial charge >= 0.3 is 0 Å². The molecular formula is C22H28N2O. The summed E-state index contributed by atoms with van der Waals surface area (Å²) in [6.07, 6.45) is 3.90. The van der Waals surface area contributed by atoms with Crippen molar-refractivity contribution < 1.29 is 4.79 Å². The van der Waals surface area contributed by atoms with Crippen molar-refractivity contribution in [1.82, 2.24) is 9.80 Å². The van der Waals surface area contributed by atoms with Crippen molar-refractivity contribution >= 4 is 5.91 Å². The second-order valence-electron chi connectivity index (χ2n) is 6.92. The van der Waals surface area contributed by atoms with Crippen LogP contribution in [-0.2, 0) is 11.2 Å². The van der Waals surface area contributed by atoms with E-state index in [2.05, 4.69) is 41.3 Å². The van der Waals surface area contributed by atoms with Crippen LogP contribution < -0.4 is 0 Å². The van der Waals surface area contributed by atoms with E-state index < -0.39 is 0 Å². The highest BCUT2D eigenvalue weighted by Crippen LogP contribution is 2.23. The Morgan fingerprint density at radius 3 is 2.24 bits per heavy atom. The fourth-order valence-electron chi connectivity index (χ4n) is 3.58. The van der Waals surface area contributed by atoms with E-state index in [0.29, 0.717) is 6.42 Å². The summed E-state index contributed by atoms with van der Waals surface area (Å²) in [5.74, 6) is 0.219. The monoisotopic (exact) mass is 336 g/mol. The van der Waals surface area contributed by atoms with Gasteiger partial charge < -0.3 is 9.80 Å². The van der Waals surface area contributed by atoms with Gasteiger partial charge in [-0.05, 0) is 43.5 Å². The maximum Gasteiger partial charge on any atom is 0.223 e. The van der Waals surface area contributed by atoms with Crippen molar-refractivity contribution in [3.8, 4) is 0 Å². The van der Waals surface area contributed by atoms with Crippen LogP contribution in [0.3, 0.4) is 0 Å². The number of rotatable bonds is 7. The number of likely N-dealkylation sites (N-methyl/N-ethyl adjacent to an activating group) is 1. The van der Waals surface area contributed by atoms with Crippen LogP contribution in [0.2, 0.25) is 0 Å². The molecule has 0 aliphatic carbocycles. The zero-order chi connectivity index (χ0) is 17.5. The summed E-state index contributed by atoms with van der Waals surface area (Å²) >= 11 is 0. The van der Waals surface area contributed by atoms with E-state index >= 15 is 0 Å². The number of carbonyl (C=O) groups is 1. The topological polar surface area (TPSA) is 23.6 Å². The number of aryl methyl sites for hydroxylation is 1. The molecule has 0 spiro atoms. The Bertz CT molecular complexity index is 650. The van der Waals surface area contributed by atoms with Crippen molar-refractivity contribution in [2.75, 3.05) is 26.7 Å². The average molecular weight is 336 g/mol. The molecule has 3 nitrogen and oxygen atoms in total. The predicted molar refractivity (Wildman–Crippen MR) is 102 cm³/mol. The molecule has 1 aliphatic rings. The quantitative estimate of drug-likeness (QED) is 0.765. The van der Waals surface area contributed by atoms with E-state index in [1.54, 1.807) is 0 Å². The Kier molecular flexibility index (Phi) is 6.24. The minimum absolute atomic E-state index is 0.127. The summed E-state index contributed by atoms with van der Waals surface area (Å²) in [6.45, 7) is 3.22. The minimum Gasteiger partial charge on any atom is -0.337 e. The molecule has 1 saturated heterocycles. The zero-order valence-electron chi connectivity index (χ0n) is 15.1. The molecule has 132 valence electrons. The lowest BCUT2D eigenvalue weighted by Gasteiger charge is -2.32. The molecular weight excluding hydrogens is 308 g/mol. The van der Waals surface area contributed by atoms with Gasteiger partial charge in [0, 0.05) is 20.0 Å². The standard InChI is InChI=1S/C22H28N2O/c1-23(22(25)15-14-19-10-4-2-5-11-19)21(18-24-16-8-9-17-24)20-12-6-3-7-13-20/h2-7,10-13,21H,8-9,14-18H2,1H3. The van der Waals surface area contributed by atoms with Gasteiger partial charge in [-0.2, -0.15) is 0 Å². The fourth-order valence-corrected chi connectivity index (χ4v) is 3.58. The van der Waals surface area contributed by atoms with Crippen molar-refractivity contribution in [2.24, 2.45) is 0 Å². The molecule has 0 N–H and O–H groups in total. The number of benzene rings is 2. The third-order valence-electron chi connectivity index (χ3n) is 5.15. The van der Waals surface area contributed by atoms with Crippen LogP contribution in [0.4, 0.5) is 0 Å². The molecule has 0 aromatic heterocycles. The summed E-state index contributed by atoms with van der Waals surface area (Å²) in [5, 5.41) is 0. The highest BCUT2D eigenvalue weighted by Gasteiger charge is 2.25. The molecule has 1 atom stereocenters. The van der Waals surface area contributed by atoms with E-state index in [9.17, 15) is 4.79 Å². The van der Waals surface area contributed by atoms with Crippen LogP contribution in [0.5, 0.6) is 0 Å². The molecule has 1 aliphatic heterocycles. The van der Waals surface area contributed by atoms with Crippen LogP contribution in [0.25, 0.3) is 0 Å². The summed E-state index contributed by atoms with van der Waals surface area (Å²) < 4.78 is 0. The Balaban J connectivity index is 1.67. The maximum absolute atomic E-state index is 12.8. The smallest absolute Gasteiger partial charge is 0.223 e. The van der Waals surface area contributed by atoms with Crippen LogP contribution in [-0.4, -0.2) is 42.4 Å². The van der Waals surface area contributed by atoms with E-state index in [1.807, 2.05) is 36.2 Å². The van der Waals surface area contributed by atoms with E-state index in [4.69, 9.17) is 0 Å². The second-order valence-corrected chi connectivity index (χ2v) is 6.92. The van der Waals surface area contributed by atoms with Gasteiger partial charge in [-0.15, -0.1) is 0 Å². The fraction of sp³-hybridized carbons (Fsp3) is 0.409. The first-order valence-corrected chi connectivity index (χ1v) is 9.31. The van der Waals surface area contributed by atoms with Crippen LogP contribution in [0, 0.1) is 0 Å². The molecule has 1 fully saturated rings. The van der Waals surface area contributed by atoms with Gasteiger partial charge in [0.1, 0.15) is 0 Å². The SMILES string of the molecule is CN(C(=O)CCc1ccccc1)C(CN1CCCC1)c1ccccc1. The molecule has 0 saturated carbocycles. The third-order valence-corrected chi connectivity index (χ3v) is 5.15. The van der Waals surface area contributed by atoms with Gasteiger partial charge in [0.2, 0.25) is 5.91 Å². The van der Waals surface area contributed by atoms with Crippen molar-refractivity contribution in [1.29, 1.82) is 0 Å². The number of carbonyl (C=O) groups excluding carboxylic acids is 1. The lowest BCUT2D eigenvalue weighted by Crippen LogP contribution is -2.38. The molecule has 1 unspecified atom stereocenters. The molecule has 1 amide bonds. The van der Waals surface area contributed by atoms with Gasteiger partial charge in [-0.25, -0.2) is 0 Å². The summed E-state index contributed by atoms with van der Waals surface area (Å²) in [5.41, 5.74) is 2.45. The van der Waals surface area contributed by atoms with E-state index in [0.717, 1.165) is 26.1 Å². The molecule has 2 aromatic rings. The zero-order valence-corrected chi connectivity index (χ0v) is 15.1. The van der Waals surface area contributed by atoms with Gasteiger partial charge in [-0.1, -0.05) is 60.7 Å². The Morgan fingerprint density at radius 2 is 1.60 bits per heavy atom. The first-order chi connectivity index (χ1) is 12.2. The Labute approximate surface area is 151 Å². The van der Waals surface area contributed by atoms with Gasteiger partial charge in [0.25, 0.3) is 0 Å². The second kappa shape index (κ2) is 8.82. The van der Waals surface area contributed by atoms with Crippen LogP contribution in [0.15, 0.2) is 60.7 Å². The van der Waals surface area contributed by atoms with Crippen molar-refractivity contribution in [3.63, 3.8) is 0 Å². The number of hydrogen-bond donors (Lipinski definition) is 0. The molecule has 0 bridgehead atoms. The normalized spacial score (nSPS) is 15.9. The molecule has 25 heavy (non-hydrogen) atoms. The van der Waals surface area contributed by atoms with E-state index in [1.165, 1.54) is 24.0 Å². The number of nitrogens with zero attached hydrogens (tertiary/aromatic N) is 2. The summed E-state index contributed by atoms with van der Waals surface area (Å²) in [7, 11) is 1.96. The number of likely N-dealkylation sites (tertiary alicyclic amines) is 1. The minimum atomic E-state index is 0.127. The predicted octanol–water partition coefficient (Wildman–Crippen LogP) is 3.91. The lowest BCUT2D eigenvalue weighted by atomic mass is 10.0. The van der Waals surface area contributed by atoms with Gasteiger partial charge in [0.05, 0.1) is 6.04 Å². The molecule has 3 rings (SSSR count). The Morgan fingerprint density at radius 1 is 1.00 bits per heavy atom. The molecule has 1 heterocycles. The van der Waals surface area contributed by atoms with Gasteiger partial charge in [-0.3, -0.25) is 4.79 Å². The first kappa shape index (κ1) is 17.7. The third kappa shape index (κ3) is 4.93. The summed E-state index contributed by atoms with van der Waals surface area (Å²) in [4.78, 5) is 17.3. The molecule has 0 radical (unpaired) electrons. The van der Waals surface area contributed by atoms with Crippen molar-refractivity contribution in [2.45, 2.75) is 31.7 Å². The Hall–Kier alpha value is -2.13. The van der Waals surface area contributed by atoms with Gasteiger partial charge in [0.15, 0.2) is 0 Å².